The highest BCUT2D eigenvalue weighted by molar-refractivity contribution is 9.10. The van der Waals surface area contributed by atoms with Crippen LogP contribution in [0.15, 0.2) is 38.3 Å². The van der Waals surface area contributed by atoms with Crippen LogP contribution in [0, 0.1) is 13.8 Å². The highest BCUT2D eigenvalue weighted by Gasteiger charge is 2.12. The Morgan fingerprint density at radius 3 is 2.88 bits per heavy atom. The van der Waals surface area contributed by atoms with E-state index in [1.165, 1.54) is 10.9 Å². The summed E-state index contributed by atoms with van der Waals surface area (Å²) in [6, 6.07) is 5.31. The van der Waals surface area contributed by atoms with Crippen molar-refractivity contribution >= 4 is 32.8 Å². The first-order chi connectivity index (χ1) is 12.0. The predicted molar refractivity (Wildman–Crippen MR) is 94.1 cm³/mol. The molecule has 0 bridgehead atoms. The summed E-state index contributed by atoms with van der Waals surface area (Å²) in [5.74, 6) is 0.229. The highest BCUT2D eigenvalue weighted by Crippen LogP contribution is 2.15. The second kappa shape index (κ2) is 7.18. The zero-order valence-electron chi connectivity index (χ0n) is 13.8. The van der Waals surface area contributed by atoms with E-state index in [2.05, 4.69) is 26.1 Å². The van der Waals surface area contributed by atoms with E-state index in [1.807, 2.05) is 6.07 Å². The van der Waals surface area contributed by atoms with Crippen LogP contribution < -0.4 is 5.56 Å². The van der Waals surface area contributed by atoms with E-state index in [9.17, 15) is 9.59 Å². The van der Waals surface area contributed by atoms with Crippen molar-refractivity contribution in [3.8, 4) is 0 Å². The number of esters is 1. The predicted octanol–water partition coefficient (Wildman–Crippen LogP) is 2.90. The van der Waals surface area contributed by atoms with Crippen LogP contribution in [-0.2, 0) is 22.7 Å². The number of hydrogen-bond donors (Lipinski definition) is 0. The molecule has 3 aromatic rings. The summed E-state index contributed by atoms with van der Waals surface area (Å²) in [5, 5.41) is 4.31. The first-order valence-corrected chi connectivity index (χ1v) is 8.47. The summed E-state index contributed by atoms with van der Waals surface area (Å²) >= 11 is 3.34. The van der Waals surface area contributed by atoms with Gasteiger partial charge in [0.2, 0.25) is 0 Å². The number of aryl methyl sites for hydroxylation is 3. The summed E-state index contributed by atoms with van der Waals surface area (Å²) in [6.07, 6.45) is 1.52. The number of aromatic nitrogens is 3. The fourth-order valence-electron chi connectivity index (χ4n) is 2.43. The zero-order valence-corrected chi connectivity index (χ0v) is 15.4. The van der Waals surface area contributed by atoms with E-state index in [-0.39, 0.29) is 25.1 Å². The first-order valence-electron chi connectivity index (χ1n) is 7.68. The summed E-state index contributed by atoms with van der Waals surface area (Å²) < 4.78 is 12.5. The lowest BCUT2D eigenvalue weighted by Gasteiger charge is -2.07. The van der Waals surface area contributed by atoms with Crippen molar-refractivity contribution in [3.05, 3.63) is 56.4 Å². The Kier molecular flexibility index (Phi) is 4.98. The molecule has 25 heavy (non-hydrogen) atoms. The molecule has 0 atom stereocenters. The average molecular weight is 406 g/mol. The Labute approximate surface area is 151 Å². The molecule has 2 aromatic heterocycles. The third kappa shape index (κ3) is 3.79. The molecule has 0 radical (unpaired) electrons. The minimum Gasteiger partial charge on any atom is -0.461 e. The van der Waals surface area contributed by atoms with Crippen LogP contribution >= 0.6 is 15.9 Å². The third-order valence-corrected chi connectivity index (χ3v) is 4.39. The quantitative estimate of drug-likeness (QED) is 0.606. The van der Waals surface area contributed by atoms with E-state index in [1.54, 1.807) is 26.0 Å². The van der Waals surface area contributed by atoms with Gasteiger partial charge >= 0.3 is 5.97 Å². The molecule has 130 valence electrons. The van der Waals surface area contributed by atoms with Crippen LogP contribution in [0.25, 0.3) is 10.9 Å². The zero-order chi connectivity index (χ0) is 18.0. The molecule has 0 aliphatic carbocycles. The van der Waals surface area contributed by atoms with Gasteiger partial charge in [-0.2, -0.15) is 0 Å². The van der Waals surface area contributed by atoms with E-state index in [0.29, 0.717) is 22.4 Å². The molecule has 0 spiro atoms. The SMILES string of the molecule is Cc1noc(C)c1COC(=O)CCn1cnc2ccc(Br)cc2c1=O. The third-order valence-electron chi connectivity index (χ3n) is 3.90. The summed E-state index contributed by atoms with van der Waals surface area (Å²) in [4.78, 5) is 28.6. The Balaban J connectivity index is 1.65. The van der Waals surface area contributed by atoms with E-state index >= 15 is 0 Å². The number of halogens is 1. The van der Waals surface area contributed by atoms with Crippen LogP contribution in [0.4, 0.5) is 0 Å². The van der Waals surface area contributed by atoms with Gasteiger partial charge in [0, 0.05) is 11.0 Å². The molecule has 8 heteroatoms. The lowest BCUT2D eigenvalue weighted by molar-refractivity contribution is -0.145. The van der Waals surface area contributed by atoms with Gasteiger partial charge in [-0.25, -0.2) is 4.98 Å². The van der Waals surface area contributed by atoms with E-state index in [0.717, 1.165) is 10.0 Å². The molecule has 2 heterocycles. The molecule has 0 aliphatic rings. The Bertz CT molecular complexity index is 974. The van der Waals surface area contributed by atoms with E-state index in [4.69, 9.17) is 9.26 Å². The van der Waals surface area contributed by atoms with Gasteiger partial charge in [-0.1, -0.05) is 21.1 Å². The molecule has 0 saturated carbocycles. The molecule has 1 aromatic carbocycles. The Morgan fingerprint density at radius 1 is 1.36 bits per heavy atom. The molecule has 7 nitrogen and oxygen atoms in total. The molecular formula is C17H16BrN3O4. The van der Waals surface area contributed by atoms with Gasteiger partial charge in [-0.15, -0.1) is 0 Å². The normalized spacial score (nSPS) is 11.0. The minimum absolute atomic E-state index is 0.0739. The smallest absolute Gasteiger partial charge is 0.307 e. The van der Waals surface area contributed by atoms with Crippen LogP contribution in [-0.4, -0.2) is 20.7 Å². The van der Waals surface area contributed by atoms with E-state index < -0.39 is 5.97 Å². The lowest BCUT2D eigenvalue weighted by Crippen LogP contribution is -2.22. The monoisotopic (exact) mass is 405 g/mol. The maximum atomic E-state index is 12.5. The molecule has 0 N–H and O–H groups in total. The fraction of sp³-hybridized carbons (Fsp3) is 0.294. The maximum absolute atomic E-state index is 12.5. The van der Waals surface area contributed by atoms with Crippen molar-refractivity contribution < 1.29 is 14.1 Å². The topological polar surface area (TPSA) is 87.2 Å². The minimum atomic E-state index is -0.402. The lowest BCUT2D eigenvalue weighted by atomic mass is 10.2. The second-order valence-electron chi connectivity index (χ2n) is 5.62. The van der Waals surface area contributed by atoms with Crippen molar-refractivity contribution in [2.45, 2.75) is 33.4 Å². The van der Waals surface area contributed by atoms with Crippen molar-refractivity contribution in [2.24, 2.45) is 0 Å². The molecule has 0 fully saturated rings. The molecular weight excluding hydrogens is 390 g/mol. The van der Waals surface area contributed by atoms with Crippen molar-refractivity contribution in [2.75, 3.05) is 0 Å². The number of fused-ring (bicyclic) bond motifs is 1. The summed E-state index contributed by atoms with van der Waals surface area (Å²) in [7, 11) is 0. The van der Waals surface area contributed by atoms with Gasteiger partial charge in [-0.3, -0.25) is 14.2 Å². The molecule has 0 aliphatic heterocycles. The number of hydrogen-bond acceptors (Lipinski definition) is 6. The number of benzene rings is 1. The molecule has 0 amide bonds. The molecule has 0 unspecified atom stereocenters. The van der Waals surface area contributed by atoms with Crippen LogP contribution in [0.5, 0.6) is 0 Å². The first kappa shape index (κ1) is 17.3. The number of ether oxygens (including phenoxy) is 1. The molecule has 0 saturated heterocycles. The fourth-order valence-corrected chi connectivity index (χ4v) is 2.80. The second-order valence-corrected chi connectivity index (χ2v) is 6.53. The van der Waals surface area contributed by atoms with Gasteiger partial charge in [0.25, 0.3) is 5.56 Å². The van der Waals surface area contributed by atoms with Crippen LogP contribution in [0.3, 0.4) is 0 Å². The summed E-state index contributed by atoms with van der Waals surface area (Å²) in [5.41, 5.74) is 1.89. The van der Waals surface area contributed by atoms with Crippen molar-refractivity contribution in [1.82, 2.24) is 14.7 Å². The van der Waals surface area contributed by atoms with Crippen LogP contribution in [0.2, 0.25) is 0 Å². The van der Waals surface area contributed by atoms with Gasteiger partial charge in [0.15, 0.2) is 0 Å². The largest absolute Gasteiger partial charge is 0.461 e. The Hall–Kier alpha value is -2.48. The number of nitrogens with zero attached hydrogens (tertiary/aromatic N) is 3. The van der Waals surface area contributed by atoms with Crippen molar-refractivity contribution in [1.29, 1.82) is 0 Å². The van der Waals surface area contributed by atoms with Gasteiger partial charge in [0.05, 0.1) is 34.9 Å². The highest BCUT2D eigenvalue weighted by atomic mass is 79.9. The Morgan fingerprint density at radius 2 is 2.16 bits per heavy atom. The van der Waals surface area contributed by atoms with Crippen molar-refractivity contribution in [3.63, 3.8) is 0 Å². The van der Waals surface area contributed by atoms with Gasteiger partial charge in [0.1, 0.15) is 12.4 Å². The standard InChI is InChI=1S/C17H16BrN3O4/c1-10-14(11(2)25-20-10)8-24-16(22)5-6-21-9-19-15-4-3-12(18)7-13(15)17(21)23/h3-4,7,9H,5-6,8H2,1-2H3. The number of carbonyl (C=O) groups is 1. The number of rotatable bonds is 5. The summed E-state index contributed by atoms with van der Waals surface area (Å²) in [6.45, 7) is 3.87. The molecule has 3 rings (SSSR count). The van der Waals surface area contributed by atoms with Crippen LogP contribution in [0.1, 0.15) is 23.4 Å². The average Bonchev–Trinajstić information content (AvgIpc) is 2.91. The maximum Gasteiger partial charge on any atom is 0.307 e. The number of carbonyl (C=O) groups excluding carboxylic acids is 1. The van der Waals surface area contributed by atoms with Gasteiger partial charge in [-0.05, 0) is 32.0 Å². The van der Waals surface area contributed by atoms with Gasteiger partial charge < -0.3 is 9.26 Å².